The summed E-state index contributed by atoms with van der Waals surface area (Å²) in [6.07, 6.45) is 4.37. The molecule has 0 aliphatic carbocycles. The van der Waals surface area contributed by atoms with Crippen LogP contribution in [-0.4, -0.2) is 78.2 Å². The number of nitrogens with one attached hydrogen (secondary N) is 2. The minimum absolute atomic E-state index is 0.0527. The van der Waals surface area contributed by atoms with E-state index in [-0.39, 0.29) is 18.5 Å². The molecule has 1 unspecified atom stereocenters. The fourth-order valence-corrected chi connectivity index (χ4v) is 5.75. The van der Waals surface area contributed by atoms with Crippen molar-refractivity contribution in [1.29, 1.82) is 0 Å². The summed E-state index contributed by atoms with van der Waals surface area (Å²) in [4.78, 5) is 22.2. The van der Waals surface area contributed by atoms with Gasteiger partial charge in [-0.05, 0) is 19.8 Å². The van der Waals surface area contributed by atoms with Crippen molar-refractivity contribution in [3.8, 4) is 0 Å². The Morgan fingerprint density at radius 2 is 1.89 bits per heavy atom. The molecule has 4 rings (SSSR count). The highest BCUT2D eigenvalue weighted by atomic mass is 32.2. The van der Waals surface area contributed by atoms with E-state index in [9.17, 15) is 13.2 Å². The van der Waals surface area contributed by atoms with Gasteiger partial charge in [-0.25, -0.2) is 9.97 Å². The van der Waals surface area contributed by atoms with Crippen LogP contribution in [0.1, 0.15) is 26.2 Å². The van der Waals surface area contributed by atoms with Crippen molar-refractivity contribution in [1.82, 2.24) is 18.6 Å². The Balaban J connectivity index is 1.48. The molecule has 1 amide bonds. The Bertz CT molecular complexity index is 823. The smallest absolute Gasteiger partial charge is 0.282 e. The highest BCUT2D eigenvalue weighted by molar-refractivity contribution is 7.86. The average molecular weight is 395 g/mol. The molecule has 1 aromatic heterocycles. The number of piperidine rings is 1. The zero-order chi connectivity index (χ0) is 19.0. The van der Waals surface area contributed by atoms with Gasteiger partial charge in [0.05, 0.1) is 6.54 Å². The lowest BCUT2D eigenvalue weighted by Crippen LogP contribution is -2.55. The first-order valence-corrected chi connectivity index (χ1v) is 10.8. The van der Waals surface area contributed by atoms with Gasteiger partial charge >= 0.3 is 0 Å². The van der Waals surface area contributed by atoms with Gasteiger partial charge in [-0.3, -0.25) is 4.79 Å². The molecule has 1 aromatic rings. The highest BCUT2D eigenvalue weighted by Gasteiger charge is 2.37. The van der Waals surface area contributed by atoms with Crippen LogP contribution >= 0.6 is 0 Å². The quantitative estimate of drug-likeness (QED) is 0.746. The van der Waals surface area contributed by atoms with Crippen LogP contribution in [0.15, 0.2) is 6.33 Å². The summed E-state index contributed by atoms with van der Waals surface area (Å²) in [5, 5.41) is 5.79. The van der Waals surface area contributed by atoms with Gasteiger partial charge in [0, 0.05) is 38.8 Å². The largest absolute Gasteiger partial charge is 0.359 e. The first kappa shape index (κ1) is 18.4. The third-order valence-electron chi connectivity index (χ3n) is 5.41. The molecule has 0 bridgehead atoms. The van der Waals surface area contributed by atoms with Gasteiger partial charge in [0.25, 0.3) is 10.2 Å². The van der Waals surface area contributed by atoms with Crippen LogP contribution in [0.4, 0.5) is 17.3 Å². The number of amides is 1. The molecule has 27 heavy (non-hydrogen) atoms. The molecule has 11 heteroatoms. The molecule has 148 valence electrons. The van der Waals surface area contributed by atoms with Crippen LogP contribution in [0.3, 0.4) is 0 Å². The Morgan fingerprint density at radius 1 is 1.11 bits per heavy atom. The summed E-state index contributed by atoms with van der Waals surface area (Å²) in [6, 6.07) is 0.0527. The highest BCUT2D eigenvalue weighted by Crippen LogP contribution is 2.32. The number of rotatable bonds is 3. The lowest BCUT2D eigenvalue weighted by atomic mass is 10.1. The number of fused-ring (bicyclic) bond motifs is 1. The molecular formula is C16H25N7O3S. The summed E-state index contributed by atoms with van der Waals surface area (Å²) >= 11 is 0. The van der Waals surface area contributed by atoms with Crippen molar-refractivity contribution in [2.75, 3.05) is 54.8 Å². The second-order valence-corrected chi connectivity index (χ2v) is 9.05. The lowest BCUT2D eigenvalue weighted by Gasteiger charge is -2.40. The van der Waals surface area contributed by atoms with E-state index in [2.05, 4.69) is 20.6 Å². The van der Waals surface area contributed by atoms with Crippen LogP contribution in [-0.2, 0) is 15.0 Å². The minimum atomic E-state index is -3.44. The molecule has 10 nitrogen and oxygen atoms in total. The Kier molecular flexibility index (Phi) is 4.91. The summed E-state index contributed by atoms with van der Waals surface area (Å²) in [5.41, 5.74) is 0.565. The van der Waals surface area contributed by atoms with E-state index in [0.717, 1.165) is 19.3 Å². The maximum Gasteiger partial charge on any atom is 0.282 e. The summed E-state index contributed by atoms with van der Waals surface area (Å²) in [6.45, 7) is 4.58. The van der Waals surface area contributed by atoms with Gasteiger partial charge < -0.3 is 15.5 Å². The van der Waals surface area contributed by atoms with Gasteiger partial charge in [0.1, 0.15) is 12.0 Å². The topological polar surface area (TPSA) is 111 Å². The van der Waals surface area contributed by atoms with Gasteiger partial charge in [0.15, 0.2) is 11.6 Å². The fraction of sp³-hybridized carbons (Fsp3) is 0.688. The Hall–Kier alpha value is -1.98. The third kappa shape index (κ3) is 3.46. The van der Waals surface area contributed by atoms with Crippen molar-refractivity contribution in [2.24, 2.45) is 0 Å². The summed E-state index contributed by atoms with van der Waals surface area (Å²) in [5.74, 6) is 1.08. The SMILES string of the molecule is CC1CCCCN1S(=O)(=O)N1CCN(c2ncnc3c2NC(=O)CN3)CC1. The van der Waals surface area contributed by atoms with Crippen LogP contribution in [0, 0.1) is 0 Å². The predicted molar refractivity (Wildman–Crippen MR) is 102 cm³/mol. The number of carbonyl (C=O) groups is 1. The molecule has 0 radical (unpaired) electrons. The first-order chi connectivity index (χ1) is 13.0. The minimum Gasteiger partial charge on any atom is -0.359 e. The standard InChI is InChI=1S/C16H25N7O3S/c1-12-4-2-3-5-23(12)27(25,26)22-8-6-21(7-9-22)16-14-15(18-11-19-16)17-10-13(24)20-14/h11-12H,2-10H2,1H3,(H,20,24)(H,17,18,19). The van der Waals surface area contributed by atoms with E-state index in [1.165, 1.54) is 6.33 Å². The molecule has 0 aromatic carbocycles. The zero-order valence-corrected chi connectivity index (χ0v) is 16.2. The number of hydrogen-bond donors (Lipinski definition) is 2. The average Bonchev–Trinajstić information content (AvgIpc) is 2.68. The number of aromatic nitrogens is 2. The summed E-state index contributed by atoms with van der Waals surface area (Å²) in [7, 11) is -3.44. The number of nitrogens with zero attached hydrogens (tertiary/aromatic N) is 5. The molecule has 1 atom stereocenters. The van der Waals surface area contributed by atoms with E-state index < -0.39 is 10.2 Å². The maximum absolute atomic E-state index is 13.0. The molecule has 3 aliphatic rings. The van der Waals surface area contributed by atoms with Gasteiger partial charge in [-0.1, -0.05) is 6.42 Å². The van der Waals surface area contributed by atoms with Gasteiger partial charge in [-0.15, -0.1) is 0 Å². The third-order valence-corrected chi connectivity index (χ3v) is 7.56. The molecule has 0 saturated carbocycles. The molecule has 2 fully saturated rings. The molecule has 3 aliphatic heterocycles. The monoisotopic (exact) mass is 395 g/mol. The van der Waals surface area contributed by atoms with E-state index in [4.69, 9.17) is 0 Å². The van der Waals surface area contributed by atoms with Crippen molar-refractivity contribution in [3.05, 3.63) is 6.33 Å². The normalized spacial score (nSPS) is 24.9. The molecule has 0 spiro atoms. The van der Waals surface area contributed by atoms with Crippen molar-refractivity contribution < 1.29 is 13.2 Å². The van der Waals surface area contributed by atoms with E-state index in [1.54, 1.807) is 8.61 Å². The second kappa shape index (κ2) is 7.21. The molecule has 2 N–H and O–H groups in total. The Labute approximate surface area is 159 Å². The van der Waals surface area contributed by atoms with Gasteiger partial charge in [0.2, 0.25) is 5.91 Å². The van der Waals surface area contributed by atoms with Crippen molar-refractivity contribution in [2.45, 2.75) is 32.2 Å². The molecule has 2 saturated heterocycles. The van der Waals surface area contributed by atoms with Gasteiger partial charge in [-0.2, -0.15) is 17.0 Å². The number of piperazine rings is 1. The van der Waals surface area contributed by atoms with Crippen molar-refractivity contribution >= 4 is 33.4 Å². The second-order valence-electron chi connectivity index (χ2n) is 7.17. The maximum atomic E-state index is 13.0. The lowest BCUT2D eigenvalue weighted by molar-refractivity contribution is -0.114. The van der Waals surface area contributed by atoms with E-state index in [1.807, 2.05) is 11.8 Å². The van der Waals surface area contributed by atoms with E-state index in [0.29, 0.717) is 50.0 Å². The fourth-order valence-electron chi connectivity index (χ4n) is 3.91. The zero-order valence-electron chi connectivity index (χ0n) is 15.4. The molecule has 4 heterocycles. The van der Waals surface area contributed by atoms with Crippen LogP contribution in [0.25, 0.3) is 0 Å². The predicted octanol–water partition coefficient (Wildman–Crippen LogP) is 0.0818. The summed E-state index contributed by atoms with van der Waals surface area (Å²) < 4.78 is 29.2. The van der Waals surface area contributed by atoms with E-state index >= 15 is 0 Å². The number of carbonyl (C=O) groups excluding carboxylic acids is 1. The van der Waals surface area contributed by atoms with Crippen LogP contribution in [0.2, 0.25) is 0 Å². The number of anilines is 3. The van der Waals surface area contributed by atoms with Crippen LogP contribution < -0.4 is 15.5 Å². The Morgan fingerprint density at radius 3 is 2.63 bits per heavy atom. The first-order valence-electron chi connectivity index (χ1n) is 9.37. The molecular weight excluding hydrogens is 370 g/mol. The number of hydrogen-bond acceptors (Lipinski definition) is 7. The van der Waals surface area contributed by atoms with Crippen molar-refractivity contribution in [3.63, 3.8) is 0 Å². The van der Waals surface area contributed by atoms with Crippen LogP contribution in [0.5, 0.6) is 0 Å².